The number of aromatic nitrogens is 18. The zero-order valence-corrected chi connectivity index (χ0v) is 47.0. The monoisotopic (exact) mass is 1110 g/mol. The van der Waals surface area contributed by atoms with Crippen molar-refractivity contribution >= 4 is 39.5 Å². The van der Waals surface area contributed by atoms with Crippen molar-refractivity contribution < 1.29 is 5.11 Å². The van der Waals surface area contributed by atoms with Crippen molar-refractivity contribution in [2.24, 2.45) is 21.1 Å². The molecule has 20 nitrogen and oxygen atoms in total. The number of thioether (sulfide) groups is 1. The Morgan fingerprint density at radius 1 is 0.671 bits per heavy atom. The summed E-state index contributed by atoms with van der Waals surface area (Å²) in [6.45, 7) is 5.94. The Hall–Kier alpha value is -9.21. The lowest BCUT2D eigenvalue weighted by molar-refractivity contribution is 0.145. The summed E-state index contributed by atoms with van der Waals surface area (Å²) < 4.78 is 7.75. The number of fused-ring (bicyclic) bond motifs is 2. The quantitative estimate of drug-likeness (QED) is 0.0680. The van der Waals surface area contributed by atoms with Crippen LogP contribution in [-0.2, 0) is 46.8 Å². The second-order valence-electron chi connectivity index (χ2n) is 21.6. The lowest BCUT2D eigenvalue weighted by Crippen LogP contribution is -2.35. The molecule has 0 radical (unpaired) electrons. The van der Waals surface area contributed by atoms with Gasteiger partial charge in [-0.25, -0.2) is 9.67 Å². The molecule has 1 aliphatic heterocycles. The van der Waals surface area contributed by atoms with Crippen LogP contribution in [0.2, 0.25) is 0 Å². The SMILES string of the molecule is CC(Sc1nncn1C)c1cccc(-n2cc(-c3ccccc3Cc3ccc4[nH]nc(-c5cccc([C@H](Cc6cc(-c7n[nH]c8c(N9CCC(O)CC9)ccnc78)cc([C@H](C)Cc7nncn7C)c6)Cc6nncn6C)c5)c4n3)nn2)c1. The predicted molar refractivity (Wildman–Crippen MR) is 315 cm³/mol. The minimum absolute atomic E-state index is 0.0142. The van der Waals surface area contributed by atoms with Crippen LogP contribution in [0.1, 0.15) is 88.9 Å². The summed E-state index contributed by atoms with van der Waals surface area (Å²) in [5.74, 6) is 1.89. The molecule has 0 aliphatic carbocycles. The number of aromatic amines is 2. The number of nitrogens with one attached hydrogen (secondary N) is 2. The van der Waals surface area contributed by atoms with Gasteiger partial charge in [-0.05, 0) is 114 Å². The molecule has 1 fully saturated rings. The molecule has 1 aliphatic rings. The van der Waals surface area contributed by atoms with Crippen LogP contribution in [0.4, 0.5) is 5.69 Å². The van der Waals surface area contributed by atoms with Gasteiger partial charge >= 0.3 is 0 Å². The number of aryl methyl sites for hydroxylation is 3. The van der Waals surface area contributed by atoms with Crippen molar-refractivity contribution in [1.29, 1.82) is 0 Å². The number of anilines is 1. The van der Waals surface area contributed by atoms with Crippen molar-refractivity contribution in [3.8, 4) is 39.5 Å². The Labute approximate surface area is 477 Å². The highest BCUT2D eigenvalue weighted by Gasteiger charge is 2.25. The highest BCUT2D eigenvalue weighted by molar-refractivity contribution is 7.99. The lowest BCUT2D eigenvalue weighted by Gasteiger charge is -2.31. The van der Waals surface area contributed by atoms with Gasteiger partial charge in [0.25, 0.3) is 0 Å². The molecule has 0 amide bonds. The fraction of sp³-hybridized carbons (Fsp3) is 0.279. The Kier molecular flexibility index (Phi) is 14.2. The summed E-state index contributed by atoms with van der Waals surface area (Å²) in [4.78, 5) is 12.6. The standard InChI is InChI=1S/C61H61N19OS/c1-37(24-54-69-63-34-76(54)3)44-25-39(27-46(29-44)57-60-59(73-72-57)53(18-21-62-60)79-22-19-49(81)20-23-79)26-45(32-55-70-64-35-77(55)4)41-12-8-13-43(28-41)56-58-51(67-71-56)17-16-47(66-58)30-42-10-6-7-15-50(42)52-33-80(75-68-52)48-14-9-11-40(31-48)38(2)82-61-74-65-36-78(61)5/h6-18,21,25,27-29,31,33-38,45,49,81H,19-20,22-24,26,30,32H2,1-5H3,(H,67,71)(H,72,73)/t37-,38?,45-/m1/s1. The molecule has 12 aromatic rings. The van der Waals surface area contributed by atoms with Crippen molar-refractivity contribution in [2.75, 3.05) is 18.0 Å². The van der Waals surface area contributed by atoms with Gasteiger partial charge in [-0.3, -0.25) is 15.2 Å². The molecule has 1 saturated heterocycles. The summed E-state index contributed by atoms with van der Waals surface area (Å²) >= 11 is 1.66. The zero-order chi connectivity index (χ0) is 55.8. The lowest BCUT2D eigenvalue weighted by atomic mass is 9.85. The van der Waals surface area contributed by atoms with Gasteiger partial charge in [-0.2, -0.15) is 10.2 Å². The molecule has 21 heteroatoms. The van der Waals surface area contributed by atoms with E-state index in [0.717, 1.165) is 138 Å². The molecular weight excluding hydrogens is 1050 g/mol. The zero-order valence-electron chi connectivity index (χ0n) is 46.2. The third-order valence-corrected chi connectivity index (χ3v) is 17.1. The van der Waals surface area contributed by atoms with Crippen LogP contribution < -0.4 is 4.90 Å². The predicted octanol–water partition coefficient (Wildman–Crippen LogP) is 9.52. The number of nitrogens with zero attached hydrogens (tertiary/aromatic N) is 17. The van der Waals surface area contributed by atoms with Gasteiger partial charge < -0.3 is 23.7 Å². The van der Waals surface area contributed by atoms with Crippen LogP contribution in [0.15, 0.2) is 146 Å². The van der Waals surface area contributed by atoms with Crippen LogP contribution >= 0.6 is 11.8 Å². The summed E-state index contributed by atoms with van der Waals surface area (Å²) in [6, 6.07) is 38.4. The number of benzene rings is 4. The largest absolute Gasteiger partial charge is 0.393 e. The molecule has 0 bridgehead atoms. The van der Waals surface area contributed by atoms with Gasteiger partial charge in [-0.15, -0.1) is 35.7 Å². The second kappa shape index (κ2) is 22.4. The van der Waals surface area contributed by atoms with Crippen LogP contribution in [0.3, 0.4) is 0 Å². The second-order valence-corrected chi connectivity index (χ2v) is 22.9. The highest BCUT2D eigenvalue weighted by atomic mass is 32.2. The maximum absolute atomic E-state index is 10.3. The average Bonchev–Trinajstić information content (AvgIpc) is 4.57. The van der Waals surface area contributed by atoms with Gasteiger partial charge in [0.2, 0.25) is 0 Å². The first-order valence-corrected chi connectivity index (χ1v) is 28.5. The molecule has 412 valence electrons. The molecule has 4 aromatic carbocycles. The Morgan fingerprint density at radius 3 is 2.22 bits per heavy atom. The molecule has 1 unspecified atom stereocenters. The van der Waals surface area contributed by atoms with Crippen LogP contribution in [0.5, 0.6) is 0 Å². The fourth-order valence-corrected chi connectivity index (χ4v) is 12.2. The van der Waals surface area contributed by atoms with Gasteiger partial charge in [0.15, 0.2) is 5.16 Å². The van der Waals surface area contributed by atoms with Crippen LogP contribution in [0, 0.1) is 0 Å². The van der Waals surface area contributed by atoms with E-state index < -0.39 is 0 Å². The summed E-state index contributed by atoms with van der Waals surface area (Å²) in [5.41, 5.74) is 17.2. The number of H-pyrrole nitrogens is 2. The Morgan fingerprint density at radius 2 is 1.41 bits per heavy atom. The first-order valence-electron chi connectivity index (χ1n) is 27.7. The molecule has 13 rings (SSSR count). The van der Waals surface area contributed by atoms with E-state index in [1.165, 1.54) is 5.56 Å². The van der Waals surface area contributed by atoms with Gasteiger partial charge in [-0.1, -0.05) is 84.6 Å². The topological polar surface area (TPSA) is 229 Å². The highest BCUT2D eigenvalue weighted by Crippen LogP contribution is 2.38. The molecule has 3 atom stereocenters. The maximum Gasteiger partial charge on any atom is 0.191 e. The molecule has 8 aromatic heterocycles. The van der Waals surface area contributed by atoms with E-state index in [1.807, 2.05) is 70.1 Å². The van der Waals surface area contributed by atoms with E-state index in [2.05, 4.69) is 161 Å². The van der Waals surface area contributed by atoms with Crippen molar-refractivity contribution in [3.63, 3.8) is 0 Å². The van der Waals surface area contributed by atoms with Gasteiger partial charge in [0.05, 0.1) is 29.2 Å². The van der Waals surface area contributed by atoms with Crippen molar-refractivity contribution in [3.05, 3.63) is 186 Å². The molecule has 3 N–H and O–H groups in total. The van der Waals surface area contributed by atoms with E-state index in [9.17, 15) is 5.11 Å². The van der Waals surface area contributed by atoms with Crippen LogP contribution in [-0.4, -0.2) is 114 Å². The molecule has 0 spiro atoms. The van der Waals surface area contributed by atoms with E-state index in [0.29, 0.717) is 25.7 Å². The molecule has 82 heavy (non-hydrogen) atoms. The summed E-state index contributed by atoms with van der Waals surface area (Å²) in [7, 11) is 5.94. The number of pyridine rings is 2. The third-order valence-electron chi connectivity index (χ3n) is 15.9. The molecule has 9 heterocycles. The maximum atomic E-state index is 10.3. The summed E-state index contributed by atoms with van der Waals surface area (Å²) in [5, 5.41) is 63.0. The number of hydrogen-bond donors (Lipinski definition) is 3. The van der Waals surface area contributed by atoms with E-state index in [-0.39, 0.29) is 23.2 Å². The van der Waals surface area contributed by atoms with E-state index in [4.69, 9.17) is 20.2 Å². The fourth-order valence-electron chi connectivity index (χ4n) is 11.3. The first-order chi connectivity index (χ1) is 40.0. The first kappa shape index (κ1) is 52.2. The molecular formula is C61H61N19OS. The number of piperidine rings is 1. The Bertz CT molecular complexity index is 4220. The van der Waals surface area contributed by atoms with Crippen molar-refractivity contribution in [2.45, 2.75) is 80.7 Å². The number of hydrogen-bond acceptors (Lipinski definition) is 15. The normalized spacial score (nSPS) is 14.3. The van der Waals surface area contributed by atoms with E-state index >= 15 is 0 Å². The molecule has 0 saturated carbocycles. The summed E-state index contributed by atoms with van der Waals surface area (Å²) in [6.07, 6.45) is 12.9. The average molecular weight is 1110 g/mol. The third kappa shape index (κ3) is 10.7. The van der Waals surface area contributed by atoms with Crippen LogP contribution in [0.25, 0.3) is 61.5 Å². The van der Waals surface area contributed by atoms with Gasteiger partial charge in [0.1, 0.15) is 64.3 Å². The van der Waals surface area contributed by atoms with E-state index in [1.54, 1.807) is 30.7 Å². The van der Waals surface area contributed by atoms with Crippen molar-refractivity contribution in [1.82, 2.24) is 89.6 Å². The Balaban J connectivity index is 0.803. The van der Waals surface area contributed by atoms with Gasteiger partial charge in [0, 0.05) is 87.3 Å². The minimum atomic E-state index is -0.276. The number of aliphatic hydroxyl groups is 1. The smallest absolute Gasteiger partial charge is 0.191 e. The number of rotatable bonds is 18. The number of aliphatic hydroxyl groups excluding tert-OH is 1. The minimum Gasteiger partial charge on any atom is -0.393 e.